The van der Waals surface area contributed by atoms with Gasteiger partial charge in [-0.15, -0.1) is 0 Å². The van der Waals surface area contributed by atoms with E-state index in [9.17, 15) is 13.2 Å². The number of hydrogen-bond donors (Lipinski definition) is 0. The summed E-state index contributed by atoms with van der Waals surface area (Å²) in [6.07, 6.45) is 1.57. The van der Waals surface area contributed by atoms with Crippen molar-refractivity contribution < 1.29 is 13.2 Å². The molecule has 6 nitrogen and oxygen atoms in total. The van der Waals surface area contributed by atoms with Gasteiger partial charge in [0.15, 0.2) is 0 Å². The van der Waals surface area contributed by atoms with Crippen LogP contribution in [0.25, 0.3) is 6.08 Å². The van der Waals surface area contributed by atoms with Crippen LogP contribution in [-0.2, 0) is 10.0 Å². The number of carbonyl (C=O) groups excluding carboxylic acids is 1. The maximum atomic E-state index is 12.6. The summed E-state index contributed by atoms with van der Waals surface area (Å²) < 4.78 is 26.4. The topological polar surface area (TPSA) is 81.5 Å². The van der Waals surface area contributed by atoms with Gasteiger partial charge >= 0.3 is 0 Å². The first-order valence-electron chi connectivity index (χ1n) is 8.52. The van der Waals surface area contributed by atoms with Gasteiger partial charge in [0.25, 0.3) is 5.91 Å². The van der Waals surface area contributed by atoms with Crippen LogP contribution < -0.4 is 0 Å². The molecule has 138 valence electrons. The second-order valence-electron chi connectivity index (χ2n) is 6.14. The van der Waals surface area contributed by atoms with Gasteiger partial charge in [-0.25, -0.2) is 8.42 Å². The monoisotopic (exact) mass is 381 g/mol. The molecule has 0 atom stereocenters. The minimum Gasteiger partial charge on any atom is -0.336 e. The summed E-state index contributed by atoms with van der Waals surface area (Å²) in [4.78, 5) is 14.2. The Kier molecular flexibility index (Phi) is 5.69. The highest BCUT2D eigenvalue weighted by atomic mass is 32.2. The number of piperazine rings is 1. The van der Waals surface area contributed by atoms with Crippen LogP contribution in [0.4, 0.5) is 0 Å². The van der Waals surface area contributed by atoms with Gasteiger partial charge in [-0.05, 0) is 29.8 Å². The summed E-state index contributed by atoms with van der Waals surface area (Å²) >= 11 is 0. The van der Waals surface area contributed by atoms with Gasteiger partial charge in [-0.2, -0.15) is 9.57 Å². The van der Waals surface area contributed by atoms with Crippen molar-refractivity contribution in [3.05, 3.63) is 76.7 Å². The predicted octanol–water partition coefficient (Wildman–Crippen LogP) is 2.32. The second kappa shape index (κ2) is 8.16. The summed E-state index contributed by atoms with van der Waals surface area (Å²) in [7, 11) is -3.53. The molecule has 0 aromatic heterocycles. The molecule has 0 radical (unpaired) electrons. The molecule has 0 unspecified atom stereocenters. The van der Waals surface area contributed by atoms with Crippen LogP contribution in [0.2, 0.25) is 0 Å². The third-order valence-corrected chi connectivity index (χ3v) is 5.92. The molecule has 3 rings (SSSR count). The lowest BCUT2D eigenvalue weighted by atomic mass is 10.1. The van der Waals surface area contributed by atoms with Crippen LogP contribution in [0.1, 0.15) is 21.5 Å². The van der Waals surface area contributed by atoms with Crippen LogP contribution in [-0.4, -0.2) is 49.7 Å². The molecule has 1 aliphatic rings. The normalized spacial score (nSPS) is 15.6. The lowest BCUT2D eigenvalue weighted by molar-refractivity contribution is 0.0698. The Morgan fingerprint density at radius 3 is 2.37 bits per heavy atom. The van der Waals surface area contributed by atoms with Gasteiger partial charge in [-0.1, -0.05) is 36.4 Å². The van der Waals surface area contributed by atoms with E-state index in [-0.39, 0.29) is 19.0 Å². The molecule has 2 aromatic rings. The summed E-state index contributed by atoms with van der Waals surface area (Å²) in [5, 5.41) is 10.2. The summed E-state index contributed by atoms with van der Waals surface area (Å²) in [5.41, 5.74) is 1.68. The predicted molar refractivity (Wildman–Crippen MR) is 103 cm³/mol. The van der Waals surface area contributed by atoms with Gasteiger partial charge < -0.3 is 4.90 Å². The van der Waals surface area contributed by atoms with Crippen LogP contribution in [0.3, 0.4) is 0 Å². The molecular weight excluding hydrogens is 362 g/mol. The number of nitrogens with zero attached hydrogens (tertiary/aromatic N) is 3. The van der Waals surface area contributed by atoms with Gasteiger partial charge in [0.1, 0.15) is 0 Å². The molecule has 0 aliphatic carbocycles. The van der Waals surface area contributed by atoms with Crippen LogP contribution in [0.5, 0.6) is 0 Å². The summed E-state index contributed by atoms with van der Waals surface area (Å²) in [5.74, 6) is -0.191. The molecule has 0 N–H and O–H groups in total. The Labute approximate surface area is 159 Å². The highest BCUT2D eigenvalue weighted by Gasteiger charge is 2.27. The maximum Gasteiger partial charge on any atom is 0.253 e. The third-order valence-electron chi connectivity index (χ3n) is 4.36. The fourth-order valence-corrected chi connectivity index (χ4v) is 4.04. The van der Waals surface area contributed by atoms with Gasteiger partial charge in [0.2, 0.25) is 10.0 Å². The quantitative estimate of drug-likeness (QED) is 0.814. The third kappa shape index (κ3) is 4.61. The smallest absolute Gasteiger partial charge is 0.253 e. The molecule has 0 bridgehead atoms. The van der Waals surface area contributed by atoms with Crippen molar-refractivity contribution in [2.24, 2.45) is 0 Å². The fraction of sp³-hybridized carbons (Fsp3) is 0.200. The van der Waals surface area contributed by atoms with Crippen molar-refractivity contribution in [3.8, 4) is 6.07 Å². The second-order valence-corrected chi connectivity index (χ2v) is 7.96. The number of amides is 1. The number of carbonyl (C=O) groups is 1. The lowest BCUT2D eigenvalue weighted by Gasteiger charge is -2.33. The standard InChI is InChI=1S/C20H19N3O3S/c21-16-18-7-4-8-19(15-18)20(24)22-10-12-23(13-11-22)27(25,26)14-9-17-5-2-1-3-6-17/h1-9,14-15H,10-13H2/b14-9+. The minimum atomic E-state index is -3.53. The number of rotatable bonds is 4. The maximum absolute atomic E-state index is 12.6. The molecule has 7 heteroatoms. The zero-order chi connectivity index (χ0) is 19.3. The molecule has 0 saturated carbocycles. The highest BCUT2D eigenvalue weighted by Crippen LogP contribution is 2.14. The van der Waals surface area contributed by atoms with E-state index < -0.39 is 10.0 Å². The number of hydrogen-bond acceptors (Lipinski definition) is 4. The number of benzene rings is 2. The van der Waals surface area contributed by atoms with Crippen molar-refractivity contribution in [1.82, 2.24) is 9.21 Å². The average molecular weight is 381 g/mol. The number of sulfonamides is 1. The van der Waals surface area contributed by atoms with Crippen molar-refractivity contribution in [2.75, 3.05) is 26.2 Å². The molecule has 1 fully saturated rings. The van der Waals surface area contributed by atoms with Crippen molar-refractivity contribution in [2.45, 2.75) is 0 Å². The minimum absolute atomic E-state index is 0.191. The number of nitriles is 1. The SMILES string of the molecule is N#Cc1cccc(C(=O)N2CCN(S(=O)(=O)/C=C/c3ccccc3)CC2)c1. The zero-order valence-corrected chi connectivity index (χ0v) is 15.5. The van der Waals surface area contributed by atoms with Crippen molar-refractivity contribution in [3.63, 3.8) is 0 Å². The Morgan fingerprint density at radius 2 is 1.70 bits per heavy atom. The van der Waals surface area contributed by atoms with Crippen LogP contribution in [0.15, 0.2) is 60.0 Å². The van der Waals surface area contributed by atoms with Crippen LogP contribution >= 0.6 is 0 Å². The summed E-state index contributed by atoms with van der Waals surface area (Å²) in [6.45, 7) is 1.11. The molecule has 27 heavy (non-hydrogen) atoms. The van der Waals surface area contributed by atoms with Gasteiger partial charge in [0, 0.05) is 37.2 Å². The first-order chi connectivity index (χ1) is 13.0. The first kappa shape index (κ1) is 18.8. The van der Waals surface area contributed by atoms with Gasteiger partial charge in [0.05, 0.1) is 11.6 Å². The van der Waals surface area contributed by atoms with Gasteiger partial charge in [-0.3, -0.25) is 4.79 Å². The molecule has 2 aromatic carbocycles. The van der Waals surface area contributed by atoms with E-state index in [2.05, 4.69) is 0 Å². The average Bonchev–Trinajstić information content (AvgIpc) is 2.72. The molecule has 1 aliphatic heterocycles. The lowest BCUT2D eigenvalue weighted by Crippen LogP contribution is -2.50. The van der Waals surface area contributed by atoms with Crippen molar-refractivity contribution in [1.29, 1.82) is 5.26 Å². The molecular formula is C20H19N3O3S. The largest absolute Gasteiger partial charge is 0.336 e. The highest BCUT2D eigenvalue weighted by molar-refractivity contribution is 7.92. The van der Waals surface area contributed by atoms with E-state index in [0.717, 1.165) is 5.56 Å². The van der Waals surface area contributed by atoms with E-state index in [1.54, 1.807) is 35.2 Å². The Bertz CT molecular complexity index is 987. The Morgan fingerprint density at radius 1 is 1.00 bits per heavy atom. The molecule has 1 amide bonds. The van der Waals surface area contributed by atoms with E-state index >= 15 is 0 Å². The van der Waals surface area contributed by atoms with E-state index in [1.807, 2.05) is 36.4 Å². The fourth-order valence-electron chi connectivity index (χ4n) is 2.86. The van der Waals surface area contributed by atoms with E-state index in [0.29, 0.717) is 24.2 Å². The first-order valence-corrected chi connectivity index (χ1v) is 10.0. The molecule has 1 saturated heterocycles. The Hall–Kier alpha value is -2.95. The molecule has 0 spiro atoms. The van der Waals surface area contributed by atoms with E-state index in [4.69, 9.17) is 5.26 Å². The van der Waals surface area contributed by atoms with Crippen molar-refractivity contribution >= 4 is 22.0 Å². The van der Waals surface area contributed by atoms with E-state index in [1.165, 1.54) is 9.71 Å². The summed E-state index contributed by atoms with van der Waals surface area (Å²) in [6, 6.07) is 17.8. The zero-order valence-electron chi connectivity index (χ0n) is 14.7. The van der Waals surface area contributed by atoms with Crippen LogP contribution in [0, 0.1) is 11.3 Å². The Balaban J connectivity index is 1.63. The molecule has 1 heterocycles.